The number of ether oxygens (including phenoxy) is 3. The van der Waals surface area contributed by atoms with Gasteiger partial charge in [-0.3, -0.25) is 5.32 Å². The van der Waals surface area contributed by atoms with Gasteiger partial charge in [-0.1, -0.05) is 77.9 Å². The van der Waals surface area contributed by atoms with Crippen LogP contribution in [0.2, 0.25) is 0 Å². The Morgan fingerprint density at radius 2 is 1.11 bits per heavy atom. The lowest BCUT2D eigenvalue weighted by Gasteiger charge is -2.21. The number of esters is 2. The number of hydrogen-bond donors (Lipinski definition) is 3. The van der Waals surface area contributed by atoms with Gasteiger partial charge in [0.2, 0.25) is 12.2 Å². The number of carbonyl (C=O) groups is 2. The zero-order valence-corrected chi connectivity index (χ0v) is 35.5. The molecule has 7 rings (SSSR count). The topological polar surface area (TPSA) is 271 Å². The van der Waals surface area contributed by atoms with Crippen molar-refractivity contribution >= 4 is 58.6 Å². The molecule has 0 saturated heterocycles. The van der Waals surface area contributed by atoms with Gasteiger partial charge >= 0.3 is 11.9 Å². The number of nitrogen functional groups attached to an aromatic ring is 2. The molecule has 5 heterocycles. The van der Waals surface area contributed by atoms with Crippen molar-refractivity contribution in [3.63, 3.8) is 0 Å². The van der Waals surface area contributed by atoms with Gasteiger partial charge in [-0.05, 0) is 24.3 Å². The van der Waals surface area contributed by atoms with Gasteiger partial charge in [0.1, 0.15) is 11.1 Å². The Bertz CT molecular complexity index is 2760. The summed E-state index contributed by atoms with van der Waals surface area (Å²) in [6.45, 7) is 11.6. The van der Waals surface area contributed by atoms with E-state index >= 15 is 0 Å². The maximum Gasteiger partial charge on any atom is 0.343 e. The van der Waals surface area contributed by atoms with Crippen LogP contribution in [0.25, 0.3) is 11.4 Å². The minimum Gasteiger partial charge on any atom is -0.468 e. The van der Waals surface area contributed by atoms with E-state index in [1.165, 1.54) is 52.5 Å². The molecule has 1 aliphatic rings. The van der Waals surface area contributed by atoms with E-state index in [1.54, 1.807) is 0 Å². The zero-order valence-electron chi connectivity index (χ0n) is 35.5. The van der Waals surface area contributed by atoms with Crippen molar-refractivity contribution < 1.29 is 23.8 Å². The van der Waals surface area contributed by atoms with Gasteiger partial charge in [-0.25, -0.2) is 28.6 Å². The summed E-state index contributed by atoms with van der Waals surface area (Å²) in [4.78, 5) is 35.0. The number of aliphatic imine (C=N–C) groups is 2. The molecule has 5 N–H and O–H groups in total. The van der Waals surface area contributed by atoms with E-state index in [4.69, 9.17) is 40.9 Å². The van der Waals surface area contributed by atoms with Crippen LogP contribution in [0, 0.1) is 0 Å². The predicted molar refractivity (Wildman–Crippen MR) is 228 cm³/mol. The van der Waals surface area contributed by atoms with Crippen LogP contribution in [0.5, 0.6) is 0 Å². The Balaban J connectivity index is 1.32. The number of hydrogen-bond acceptors (Lipinski definition) is 18. The number of para-hydroxylation sites is 2. The highest BCUT2D eigenvalue weighted by molar-refractivity contribution is 6.00. The third-order valence-electron chi connectivity index (χ3n) is 9.33. The minimum atomic E-state index is -1.17. The Labute approximate surface area is 355 Å². The molecule has 0 amide bonds. The number of rotatable bonds is 9. The third-order valence-corrected chi connectivity index (χ3v) is 9.33. The van der Waals surface area contributed by atoms with Crippen LogP contribution in [0.15, 0.2) is 103 Å². The summed E-state index contributed by atoms with van der Waals surface area (Å²) in [6.07, 6.45) is 1.55. The Morgan fingerprint density at radius 1 is 0.645 bits per heavy atom. The van der Waals surface area contributed by atoms with E-state index in [2.05, 4.69) is 41.0 Å². The SMILES string of the molecule is COC(=O)c1cnn(-c2ccccc2)c1N=Nc1c(C(C)(C)C)nn(C2=NC(n3nc(C(C)(C)C)c(N=Nc4c(C(=O)OC)cnn4-c4ccccc4)c3N)N=C(OC)N2)c1N. The molecule has 0 saturated carbocycles. The van der Waals surface area contributed by atoms with E-state index in [0.29, 0.717) is 22.8 Å². The molecule has 22 nitrogen and oxygen atoms in total. The van der Waals surface area contributed by atoms with E-state index in [9.17, 15) is 9.59 Å². The fourth-order valence-electron chi connectivity index (χ4n) is 6.23. The quantitative estimate of drug-likeness (QED) is 0.103. The normalized spacial score (nSPS) is 14.5. The fraction of sp³-hybridized carbons (Fsp3) is 0.300. The van der Waals surface area contributed by atoms with Crippen molar-refractivity contribution in [1.29, 1.82) is 0 Å². The number of methoxy groups -OCH3 is 3. The van der Waals surface area contributed by atoms with Crippen LogP contribution in [-0.2, 0) is 25.0 Å². The number of amidine groups is 1. The summed E-state index contributed by atoms with van der Waals surface area (Å²) < 4.78 is 21.2. The molecule has 320 valence electrons. The smallest absolute Gasteiger partial charge is 0.343 e. The standard InChI is InChI=1S/C40H45N17O5/c1-39(2,3)28-26(48-50-32-24(34(58)60-7)20-43-54(32)22-16-12-10-13-17-22)30(41)56(52-28)36-45-37(47-38(46-36)62-9)57-31(42)27(29(53-57)40(4,5)6)49-51-33-25(35(59)61-8)21-44-55(33)23-18-14-11-15-19-23/h10-21,36H,41-42H2,1-9H3,(H,45,46,47). The van der Waals surface area contributed by atoms with Crippen LogP contribution in [0.4, 0.5) is 34.6 Å². The molecule has 4 aromatic heterocycles. The van der Waals surface area contributed by atoms with Gasteiger partial charge in [-0.15, -0.1) is 20.5 Å². The maximum atomic E-state index is 12.8. The number of nitrogens with one attached hydrogen (secondary N) is 1. The van der Waals surface area contributed by atoms with Crippen molar-refractivity contribution in [3.05, 3.63) is 95.6 Å². The molecule has 6 aromatic rings. The van der Waals surface area contributed by atoms with Gasteiger partial charge in [0.15, 0.2) is 34.6 Å². The number of nitrogens with two attached hydrogens (primary N) is 2. The van der Waals surface area contributed by atoms with E-state index in [0.717, 1.165) is 0 Å². The number of anilines is 2. The van der Waals surface area contributed by atoms with Crippen molar-refractivity contribution in [1.82, 2.24) is 44.4 Å². The lowest BCUT2D eigenvalue weighted by atomic mass is 9.91. The lowest BCUT2D eigenvalue weighted by Crippen LogP contribution is -2.42. The Hall–Kier alpha value is -8.04. The second-order valence-electron chi connectivity index (χ2n) is 15.7. The van der Waals surface area contributed by atoms with E-state index in [-0.39, 0.29) is 57.8 Å². The van der Waals surface area contributed by atoms with Crippen LogP contribution < -0.4 is 16.8 Å². The average molecular weight is 844 g/mol. The number of carbonyl (C=O) groups excluding carboxylic acids is 2. The monoisotopic (exact) mass is 843 g/mol. The van der Waals surface area contributed by atoms with Gasteiger partial charge in [0.05, 0.1) is 56.5 Å². The summed E-state index contributed by atoms with van der Waals surface area (Å²) in [7, 11) is 3.96. The van der Waals surface area contributed by atoms with Gasteiger partial charge < -0.3 is 25.7 Å². The summed E-state index contributed by atoms with van der Waals surface area (Å²) >= 11 is 0. The van der Waals surface area contributed by atoms with Crippen LogP contribution in [-0.4, -0.2) is 84.4 Å². The summed E-state index contributed by atoms with van der Waals surface area (Å²) in [6, 6.07) is 18.3. The molecule has 1 atom stereocenters. The van der Waals surface area contributed by atoms with Crippen molar-refractivity contribution in [3.8, 4) is 11.4 Å². The van der Waals surface area contributed by atoms with Gasteiger partial charge in [-0.2, -0.15) is 30.1 Å². The molecule has 0 aliphatic carbocycles. The zero-order chi connectivity index (χ0) is 44.5. The molecule has 0 radical (unpaired) electrons. The lowest BCUT2D eigenvalue weighted by molar-refractivity contribution is 0.0592. The molecule has 62 heavy (non-hydrogen) atoms. The number of benzene rings is 2. The molecule has 0 fully saturated rings. The number of azo groups is 2. The third kappa shape index (κ3) is 7.99. The van der Waals surface area contributed by atoms with Crippen LogP contribution in [0.1, 0.15) is 79.9 Å². The maximum absolute atomic E-state index is 12.8. The molecular formula is C40H45N17O5. The average Bonchev–Trinajstić information content (AvgIpc) is 4.04. The molecular weight excluding hydrogens is 799 g/mol. The molecule has 1 unspecified atom stereocenters. The molecule has 22 heteroatoms. The van der Waals surface area contributed by atoms with Gasteiger partial charge in [0, 0.05) is 10.8 Å². The molecule has 1 aliphatic heterocycles. The largest absolute Gasteiger partial charge is 0.468 e. The summed E-state index contributed by atoms with van der Waals surface area (Å²) in [5.41, 5.74) is 15.2. The first kappa shape index (κ1) is 42.1. The highest BCUT2D eigenvalue weighted by Gasteiger charge is 2.34. The second kappa shape index (κ2) is 16.5. The Kier molecular flexibility index (Phi) is 11.2. The van der Waals surface area contributed by atoms with E-state index < -0.39 is 29.1 Å². The molecule has 0 spiro atoms. The van der Waals surface area contributed by atoms with Crippen LogP contribution in [0.3, 0.4) is 0 Å². The summed E-state index contributed by atoms with van der Waals surface area (Å²) in [5, 5.41) is 39.6. The molecule has 0 bridgehead atoms. The predicted octanol–water partition coefficient (Wildman–Crippen LogP) is 6.58. The highest BCUT2D eigenvalue weighted by atomic mass is 16.5. The van der Waals surface area contributed by atoms with E-state index in [1.807, 2.05) is 102 Å². The fourth-order valence-corrected chi connectivity index (χ4v) is 6.23. The van der Waals surface area contributed by atoms with Gasteiger partial charge in [0.25, 0.3) is 6.02 Å². The first-order chi connectivity index (χ1) is 29.5. The highest BCUT2D eigenvalue weighted by Crippen LogP contribution is 2.41. The molecule has 2 aromatic carbocycles. The summed E-state index contributed by atoms with van der Waals surface area (Å²) in [5.74, 6) is -0.906. The number of aromatic nitrogens is 8. The van der Waals surface area contributed by atoms with Crippen molar-refractivity contribution in [2.45, 2.75) is 58.7 Å². The number of nitrogens with zero attached hydrogens (tertiary/aromatic N) is 14. The first-order valence-corrected chi connectivity index (χ1v) is 19.1. The minimum absolute atomic E-state index is 0.0368. The second-order valence-corrected chi connectivity index (χ2v) is 15.7. The van der Waals surface area contributed by atoms with Crippen LogP contribution >= 0.6 is 0 Å². The van der Waals surface area contributed by atoms with Crippen molar-refractivity contribution in [2.24, 2.45) is 30.4 Å². The van der Waals surface area contributed by atoms with Crippen molar-refractivity contribution in [2.75, 3.05) is 32.8 Å². The Morgan fingerprint density at radius 3 is 1.56 bits per heavy atom. The first-order valence-electron chi connectivity index (χ1n) is 19.1.